The third-order valence-electron chi connectivity index (χ3n) is 3.25. The van der Waals surface area contributed by atoms with Gasteiger partial charge in [0.15, 0.2) is 11.6 Å². The lowest BCUT2D eigenvalue weighted by molar-refractivity contribution is 0.510. The summed E-state index contributed by atoms with van der Waals surface area (Å²) in [5, 5.41) is 0. The van der Waals surface area contributed by atoms with E-state index in [0.717, 1.165) is 12.1 Å². The molecular formula is C14H7F3N4. The molecule has 0 atom stereocenters. The molecule has 0 radical (unpaired) electrons. The van der Waals surface area contributed by atoms with Crippen LogP contribution in [0.15, 0.2) is 36.7 Å². The molecule has 4 aromatic rings. The number of aromatic amines is 1. The first-order chi connectivity index (χ1) is 10.1. The first-order valence-corrected chi connectivity index (χ1v) is 6.09. The Balaban J connectivity index is 1.97. The molecule has 0 saturated heterocycles. The first kappa shape index (κ1) is 12.0. The second kappa shape index (κ2) is 4.08. The Bertz CT molecular complexity index is 987. The highest BCUT2D eigenvalue weighted by atomic mass is 19.2. The van der Waals surface area contributed by atoms with Crippen LogP contribution in [0.4, 0.5) is 13.2 Å². The van der Waals surface area contributed by atoms with Crippen molar-refractivity contribution in [3.8, 4) is 5.95 Å². The van der Waals surface area contributed by atoms with Crippen LogP contribution in [0.5, 0.6) is 0 Å². The average Bonchev–Trinajstić information content (AvgIpc) is 3.02. The number of hydrogen-bond acceptors (Lipinski definition) is 2. The molecule has 0 unspecified atom stereocenters. The van der Waals surface area contributed by atoms with E-state index >= 15 is 0 Å². The second-order valence-electron chi connectivity index (χ2n) is 4.59. The van der Waals surface area contributed by atoms with E-state index in [2.05, 4.69) is 15.0 Å². The summed E-state index contributed by atoms with van der Waals surface area (Å²) in [5.74, 6) is -1.96. The Morgan fingerprint density at radius 1 is 0.952 bits per heavy atom. The van der Waals surface area contributed by atoms with E-state index in [1.165, 1.54) is 29.1 Å². The summed E-state index contributed by atoms with van der Waals surface area (Å²) in [6, 6.07) is 6.21. The van der Waals surface area contributed by atoms with Crippen molar-refractivity contribution in [2.24, 2.45) is 0 Å². The van der Waals surface area contributed by atoms with Crippen LogP contribution < -0.4 is 0 Å². The second-order valence-corrected chi connectivity index (χ2v) is 4.59. The summed E-state index contributed by atoms with van der Waals surface area (Å²) in [6.07, 6.45) is 1.40. The van der Waals surface area contributed by atoms with Crippen LogP contribution in [-0.4, -0.2) is 19.5 Å². The van der Waals surface area contributed by atoms with Gasteiger partial charge in [-0.05, 0) is 18.2 Å². The predicted octanol–water partition coefficient (Wildman–Crippen LogP) is 3.32. The van der Waals surface area contributed by atoms with E-state index in [1.54, 1.807) is 0 Å². The molecule has 2 aromatic heterocycles. The normalized spacial score (nSPS) is 11.6. The molecule has 7 heteroatoms. The fraction of sp³-hybridized carbons (Fsp3) is 0. The maximum absolute atomic E-state index is 13.4. The number of aromatic nitrogens is 4. The standard InChI is InChI=1S/C14H7F3N4/c15-7-1-2-10-11(3-7)20-14(19-10)21-6-18-12-4-8(16)9(17)5-13(12)21/h1-6H,(H,19,20). The van der Waals surface area contributed by atoms with Gasteiger partial charge in [-0.2, -0.15) is 0 Å². The number of nitrogens with zero attached hydrogens (tertiary/aromatic N) is 3. The minimum Gasteiger partial charge on any atom is -0.323 e. The van der Waals surface area contributed by atoms with Gasteiger partial charge in [-0.15, -0.1) is 0 Å². The van der Waals surface area contributed by atoms with Gasteiger partial charge in [0, 0.05) is 12.1 Å². The molecule has 0 spiro atoms. The molecule has 0 aliphatic carbocycles. The highest BCUT2D eigenvalue weighted by molar-refractivity contribution is 5.80. The van der Waals surface area contributed by atoms with Crippen molar-refractivity contribution >= 4 is 22.1 Å². The summed E-state index contributed by atoms with van der Waals surface area (Å²) < 4.78 is 41.2. The smallest absolute Gasteiger partial charge is 0.213 e. The van der Waals surface area contributed by atoms with Crippen molar-refractivity contribution < 1.29 is 13.2 Å². The quantitative estimate of drug-likeness (QED) is 0.584. The van der Waals surface area contributed by atoms with E-state index in [-0.39, 0.29) is 5.82 Å². The monoisotopic (exact) mass is 288 g/mol. The molecule has 0 bridgehead atoms. The van der Waals surface area contributed by atoms with Crippen LogP contribution in [0, 0.1) is 17.5 Å². The number of halogens is 3. The molecule has 4 nitrogen and oxygen atoms in total. The van der Waals surface area contributed by atoms with Gasteiger partial charge in [0.2, 0.25) is 5.95 Å². The number of rotatable bonds is 1. The van der Waals surface area contributed by atoms with E-state index < -0.39 is 11.6 Å². The summed E-state index contributed by atoms with van der Waals surface area (Å²) >= 11 is 0. The number of imidazole rings is 2. The highest BCUT2D eigenvalue weighted by Crippen LogP contribution is 2.22. The molecule has 2 aromatic carbocycles. The molecule has 2 heterocycles. The van der Waals surface area contributed by atoms with Gasteiger partial charge < -0.3 is 4.98 Å². The molecule has 0 aliphatic heterocycles. The topological polar surface area (TPSA) is 46.5 Å². The molecule has 21 heavy (non-hydrogen) atoms. The summed E-state index contributed by atoms with van der Waals surface area (Å²) in [4.78, 5) is 11.2. The lowest BCUT2D eigenvalue weighted by Crippen LogP contribution is -1.95. The number of fused-ring (bicyclic) bond motifs is 2. The van der Waals surface area contributed by atoms with E-state index in [0.29, 0.717) is 28.0 Å². The van der Waals surface area contributed by atoms with Gasteiger partial charge in [-0.3, -0.25) is 4.57 Å². The number of benzene rings is 2. The van der Waals surface area contributed by atoms with Crippen LogP contribution in [0.2, 0.25) is 0 Å². The van der Waals surface area contributed by atoms with Crippen LogP contribution >= 0.6 is 0 Å². The van der Waals surface area contributed by atoms with Crippen LogP contribution in [0.1, 0.15) is 0 Å². The zero-order valence-electron chi connectivity index (χ0n) is 10.4. The Labute approximate surface area is 115 Å². The molecular weight excluding hydrogens is 281 g/mol. The van der Waals surface area contributed by atoms with Gasteiger partial charge in [0.1, 0.15) is 12.1 Å². The fourth-order valence-electron chi connectivity index (χ4n) is 2.26. The van der Waals surface area contributed by atoms with Crippen molar-refractivity contribution in [2.75, 3.05) is 0 Å². The average molecular weight is 288 g/mol. The minimum absolute atomic E-state index is 0.306. The lowest BCUT2D eigenvalue weighted by atomic mass is 10.3. The van der Waals surface area contributed by atoms with Gasteiger partial charge in [0.25, 0.3) is 0 Å². The van der Waals surface area contributed by atoms with E-state index in [9.17, 15) is 13.2 Å². The van der Waals surface area contributed by atoms with Gasteiger partial charge in [0.05, 0.1) is 22.1 Å². The Kier molecular flexibility index (Phi) is 2.32. The maximum atomic E-state index is 13.4. The third-order valence-corrected chi connectivity index (χ3v) is 3.25. The predicted molar refractivity (Wildman–Crippen MR) is 70.6 cm³/mol. The molecule has 104 valence electrons. The highest BCUT2D eigenvalue weighted by Gasteiger charge is 2.12. The minimum atomic E-state index is -0.966. The Morgan fingerprint density at radius 2 is 1.76 bits per heavy atom. The lowest BCUT2D eigenvalue weighted by Gasteiger charge is -1.99. The summed E-state index contributed by atoms with van der Waals surface area (Å²) in [7, 11) is 0. The number of hydrogen-bond donors (Lipinski definition) is 1. The van der Waals surface area contributed by atoms with E-state index in [4.69, 9.17) is 0 Å². The largest absolute Gasteiger partial charge is 0.323 e. The molecule has 1 N–H and O–H groups in total. The fourth-order valence-corrected chi connectivity index (χ4v) is 2.26. The molecule has 0 amide bonds. The van der Waals surface area contributed by atoms with Crippen LogP contribution in [0.25, 0.3) is 28.0 Å². The maximum Gasteiger partial charge on any atom is 0.213 e. The van der Waals surface area contributed by atoms with Crippen LogP contribution in [-0.2, 0) is 0 Å². The van der Waals surface area contributed by atoms with Crippen LogP contribution in [0.3, 0.4) is 0 Å². The van der Waals surface area contributed by atoms with E-state index in [1.807, 2.05) is 0 Å². The first-order valence-electron chi connectivity index (χ1n) is 6.09. The van der Waals surface area contributed by atoms with Crippen molar-refractivity contribution in [1.82, 2.24) is 19.5 Å². The van der Waals surface area contributed by atoms with Crippen molar-refractivity contribution in [3.63, 3.8) is 0 Å². The zero-order valence-corrected chi connectivity index (χ0v) is 10.4. The summed E-state index contributed by atoms with van der Waals surface area (Å²) in [5.41, 5.74) is 1.75. The number of H-pyrrole nitrogens is 1. The molecule has 0 fully saturated rings. The molecule has 0 saturated carbocycles. The number of nitrogens with one attached hydrogen (secondary N) is 1. The van der Waals surface area contributed by atoms with Crippen molar-refractivity contribution in [1.29, 1.82) is 0 Å². The Morgan fingerprint density at radius 3 is 2.62 bits per heavy atom. The SMILES string of the molecule is Fc1ccc2nc(-n3cnc4cc(F)c(F)cc43)[nH]c2c1. The van der Waals surface area contributed by atoms with Gasteiger partial charge in [-0.25, -0.2) is 23.1 Å². The summed E-state index contributed by atoms with van der Waals surface area (Å²) in [6.45, 7) is 0. The third kappa shape index (κ3) is 1.78. The van der Waals surface area contributed by atoms with Gasteiger partial charge >= 0.3 is 0 Å². The molecule has 4 rings (SSSR count). The molecule has 0 aliphatic rings. The Hall–Kier alpha value is -2.83. The van der Waals surface area contributed by atoms with Crippen molar-refractivity contribution in [2.45, 2.75) is 0 Å². The van der Waals surface area contributed by atoms with Crippen molar-refractivity contribution in [3.05, 3.63) is 54.1 Å². The van der Waals surface area contributed by atoms with Gasteiger partial charge in [-0.1, -0.05) is 0 Å². The zero-order chi connectivity index (χ0) is 14.6.